The fourth-order valence-electron chi connectivity index (χ4n) is 2.39. The molecule has 0 amide bonds. The molecule has 1 N–H and O–H groups in total. The molecule has 0 unspecified atom stereocenters. The summed E-state index contributed by atoms with van der Waals surface area (Å²) in [5.41, 5.74) is 2.92. The molecule has 7 heteroatoms. The summed E-state index contributed by atoms with van der Waals surface area (Å²) in [4.78, 5) is 0.211. The van der Waals surface area contributed by atoms with Gasteiger partial charge in [-0.05, 0) is 42.7 Å². The van der Waals surface area contributed by atoms with Crippen LogP contribution in [0.5, 0.6) is 0 Å². The second-order valence-corrected chi connectivity index (χ2v) is 7.40. The smallest absolute Gasteiger partial charge is 0.248 e. The van der Waals surface area contributed by atoms with Crippen molar-refractivity contribution in [3.05, 3.63) is 65.5 Å². The maximum Gasteiger partial charge on any atom is 0.248 e. The van der Waals surface area contributed by atoms with E-state index in [0.29, 0.717) is 5.89 Å². The number of sulfonamides is 1. The van der Waals surface area contributed by atoms with Crippen LogP contribution in [0.2, 0.25) is 0 Å². The lowest BCUT2D eigenvalue weighted by Crippen LogP contribution is -2.23. The van der Waals surface area contributed by atoms with Gasteiger partial charge < -0.3 is 4.42 Å². The summed E-state index contributed by atoms with van der Waals surface area (Å²) >= 11 is 0. The Morgan fingerprint density at radius 1 is 1.04 bits per heavy atom. The van der Waals surface area contributed by atoms with Crippen LogP contribution in [0.15, 0.2) is 57.8 Å². The van der Waals surface area contributed by atoms with Crippen LogP contribution in [0.1, 0.15) is 23.9 Å². The lowest BCUT2D eigenvalue weighted by molar-refractivity contribution is 0.494. The van der Waals surface area contributed by atoms with Crippen molar-refractivity contribution >= 4 is 10.0 Å². The molecule has 0 aliphatic heterocycles. The molecule has 0 saturated heterocycles. The van der Waals surface area contributed by atoms with Crippen molar-refractivity contribution < 1.29 is 12.8 Å². The van der Waals surface area contributed by atoms with Gasteiger partial charge >= 0.3 is 0 Å². The summed E-state index contributed by atoms with van der Waals surface area (Å²) in [7, 11) is -3.62. The highest BCUT2D eigenvalue weighted by atomic mass is 32.2. The number of rotatable bonds is 6. The summed E-state index contributed by atoms with van der Waals surface area (Å²) in [6.45, 7) is 3.90. The van der Waals surface area contributed by atoms with Crippen molar-refractivity contribution in [3.8, 4) is 11.5 Å². The molecule has 3 rings (SSSR count). The maximum absolute atomic E-state index is 12.3. The predicted octanol–water partition coefficient (Wildman–Crippen LogP) is 3.09. The van der Waals surface area contributed by atoms with Gasteiger partial charge in [0.25, 0.3) is 0 Å². The van der Waals surface area contributed by atoms with Crippen LogP contribution >= 0.6 is 0 Å². The highest BCUT2D eigenvalue weighted by Gasteiger charge is 2.16. The zero-order valence-corrected chi connectivity index (χ0v) is 14.9. The highest BCUT2D eigenvalue weighted by molar-refractivity contribution is 7.89. The molecule has 0 bridgehead atoms. The van der Waals surface area contributed by atoms with Gasteiger partial charge in [-0.2, -0.15) is 0 Å². The molecule has 2 aromatic carbocycles. The average Bonchev–Trinajstić information content (AvgIpc) is 3.09. The van der Waals surface area contributed by atoms with E-state index in [2.05, 4.69) is 14.9 Å². The quantitative estimate of drug-likeness (QED) is 0.733. The van der Waals surface area contributed by atoms with Crippen LogP contribution in [-0.2, 0) is 23.0 Å². The first-order chi connectivity index (χ1) is 12.0. The molecule has 3 aromatic rings. The van der Waals surface area contributed by atoms with Gasteiger partial charge in [0.15, 0.2) is 0 Å². The summed E-state index contributed by atoms with van der Waals surface area (Å²) in [5.74, 6) is 0.589. The van der Waals surface area contributed by atoms with E-state index in [4.69, 9.17) is 4.42 Å². The van der Waals surface area contributed by atoms with Crippen LogP contribution in [0, 0.1) is 6.92 Å². The lowest BCUT2D eigenvalue weighted by atomic mass is 10.1. The molecule has 0 spiro atoms. The molecule has 25 heavy (non-hydrogen) atoms. The van der Waals surface area contributed by atoms with Gasteiger partial charge in [0.05, 0.1) is 11.4 Å². The maximum atomic E-state index is 12.3. The van der Waals surface area contributed by atoms with E-state index in [0.717, 1.165) is 23.1 Å². The molecule has 0 atom stereocenters. The topological polar surface area (TPSA) is 85.1 Å². The Hall–Kier alpha value is -2.51. The Bertz CT molecular complexity index is 963. The molecule has 0 saturated carbocycles. The SMILES string of the molecule is CCc1ccc(S(=O)(=O)NCc2nnc(-c3ccccc3C)o2)cc1. The Labute approximate surface area is 147 Å². The minimum absolute atomic E-state index is 0.0588. The van der Waals surface area contributed by atoms with Crippen LogP contribution < -0.4 is 4.72 Å². The Balaban J connectivity index is 1.72. The number of aromatic nitrogens is 2. The van der Waals surface area contributed by atoms with Crippen LogP contribution in [0.3, 0.4) is 0 Å². The standard InChI is InChI=1S/C18H19N3O3S/c1-3-14-8-10-15(11-9-14)25(22,23)19-12-17-20-21-18(24-17)16-7-5-4-6-13(16)2/h4-11,19H,3,12H2,1-2H3. The molecule has 1 heterocycles. The van der Waals surface area contributed by atoms with Crippen LogP contribution in [-0.4, -0.2) is 18.6 Å². The summed E-state index contributed by atoms with van der Waals surface area (Å²) in [5, 5.41) is 7.91. The molecule has 6 nitrogen and oxygen atoms in total. The zero-order chi connectivity index (χ0) is 17.9. The number of nitrogens with zero attached hydrogens (tertiary/aromatic N) is 2. The zero-order valence-electron chi connectivity index (χ0n) is 14.1. The van der Waals surface area contributed by atoms with Gasteiger partial charge in [0.1, 0.15) is 0 Å². The van der Waals surface area contributed by atoms with Crippen LogP contribution in [0.25, 0.3) is 11.5 Å². The van der Waals surface area contributed by atoms with E-state index in [-0.39, 0.29) is 17.3 Å². The lowest BCUT2D eigenvalue weighted by Gasteiger charge is -2.05. The third-order valence-electron chi connectivity index (χ3n) is 3.90. The minimum Gasteiger partial charge on any atom is -0.419 e. The van der Waals surface area contributed by atoms with Gasteiger partial charge in [-0.3, -0.25) is 0 Å². The van der Waals surface area contributed by atoms with E-state index >= 15 is 0 Å². The molecule has 1 aromatic heterocycles. The Kier molecular flexibility index (Phi) is 4.96. The fraction of sp³-hybridized carbons (Fsp3) is 0.222. The summed E-state index contributed by atoms with van der Waals surface area (Å²) < 4.78 is 32.7. The molecule has 0 aliphatic rings. The number of hydrogen-bond donors (Lipinski definition) is 1. The van der Waals surface area contributed by atoms with Crippen LogP contribution in [0.4, 0.5) is 0 Å². The summed E-state index contributed by atoms with van der Waals surface area (Å²) in [6, 6.07) is 14.4. The largest absolute Gasteiger partial charge is 0.419 e. The molecule has 0 aliphatic carbocycles. The number of aryl methyl sites for hydroxylation is 2. The highest BCUT2D eigenvalue weighted by Crippen LogP contribution is 2.21. The first-order valence-corrected chi connectivity index (χ1v) is 9.45. The molecule has 0 fully saturated rings. The second-order valence-electron chi connectivity index (χ2n) is 5.64. The third kappa shape index (κ3) is 3.94. The van der Waals surface area contributed by atoms with Crippen molar-refractivity contribution in [2.75, 3.05) is 0 Å². The first kappa shape index (κ1) is 17.3. The van der Waals surface area contributed by atoms with Crippen molar-refractivity contribution in [2.45, 2.75) is 31.7 Å². The van der Waals surface area contributed by atoms with Gasteiger partial charge in [-0.1, -0.05) is 37.3 Å². The van der Waals surface area contributed by atoms with Crippen molar-refractivity contribution in [1.82, 2.24) is 14.9 Å². The normalized spacial score (nSPS) is 11.6. The number of hydrogen-bond acceptors (Lipinski definition) is 5. The van der Waals surface area contributed by atoms with E-state index in [1.165, 1.54) is 0 Å². The van der Waals surface area contributed by atoms with Crippen molar-refractivity contribution in [2.24, 2.45) is 0 Å². The minimum atomic E-state index is -3.62. The third-order valence-corrected chi connectivity index (χ3v) is 5.31. The van der Waals surface area contributed by atoms with Crippen molar-refractivity contribution in [1.29, 1.82) is 0 Å². The first-order valence-electron chi connectivity index (χ1n) is 7.96. The molecular weight excluding hydrogens is 338 g/mol. The number of benzene rings is 2. The Morgan fingerprint density at radius 2 is 1.76 bits per heavy atom. The van der Waals surface area contributed by atoms with Gasteiger partial charge in [-0.15, -0.1) is 10.2 Å². The molecular formula is C18H19N3O3S. The van der Waals surface area contributed by atoms with E-state index in [9.17, 15) is 8.42 Å². The van der Waals surface area contributed by atoms with Gasteiger partial charge in [-0.25, -0.2) is 13.1 Å². The van der Waals surface area contributed by atoms with E-state index < -0.39 is 10.0 Å². The summed E-state index contributed by atoms with van der Waals surface area (Å²) in [6.07, 6.45) is 0.859. The van der Waals surface area contributed by atoms with E-state index in [1.54, 1.807) is 24.3 Å². The molecule has 130 valence electrons. The Morgan fingerprint density at radius 3 is 2.44 bits per heavy atom. The number of nitrogens with one attached hydrogen (secondary N) is 1. The monoisotopic (exact) mass is 357 g/mol. The fourth-order valence-corrected chi connectivity index (χ4v) is 3.37. The van der Waals surface area contributed by atoms with E-state index in [1.807, 2.05) is 38.1 Å². The van der Waals surface area contributed by atoms with Gasteiger partial charge in [0, 0.05) is 5.56 Å². The average molecular weight is 357 g/mol. The predicted molar refractivity (Wildman–Crippen MR) is 94.3 cm³/mol. The van der Waals surface area contributed by atoms with Crippen molar-refractivity contribution in [3.63, 3.8) is 0 Å². The van der Waals surface area contributed by atoms with Gasteiger partial charge in [0.2, 0.25) is 21.8 Å². The second kappa shape index (κ2) is 7.16. The molecule has 0 radical (unpaired) electrons.